The standard InChI is InChI=1S/C25H36N2O5S/c1-3-10-17(2)26-14-9-12-25-20(19-18(33-25)11-5-4-8-16-32-24(19)31)22(29)27(13-6-7-15-28)21(25)23(26)30/h5,9,11-12,17-21,28H,3-4,6-8,10,13-16H2,1-2H3/b11-5-/t17?,18-,19+,20-,21?,25-/m0/s1. The highest BCUT2D eigenvalue weighted by Gasteiger charge is 2.70. The highest BCUT2D eigenvalue weighted by Crippen LogP contribution is 2.60. The Morgan fingerprint density at radius 2 is 2.06 bits per heavy atom. The number of esters is 1. The zero-order valence-electron chi connectivity index (χ0n) is 19.7. The fourth-order valence-electron chi connectivity index (χ4n) is 5.87. The molecule has 0 saturated carbocycles. The summed E-state index contributed by atoms with van der Waals surface area (Å²) < 4.78 is 4.79. The zero-order valence-corrected chi connectivity index (χ0v) is 20.5. The summed E-state index contributed by atoms with van der Waals surface area (Å²) in [6, 6.07) is -0.572. The molecule has 4 heterocycles. The number of hydrogen-bond acceptors (Lipinski definition) is 6. The van der Waals surface area contributed by atoms with Crippen molar-refractivity contribution in [3.8, 4) is 0 Å². The summed E-state index contributed by atoms with van der Waals surface area (Å²) in [5.74, 6) is -1.71. The van der Waals surface area contributed by atoms with Crippen LogP contribution in [0.1, 0.15) is 52.4 Å². The van der Waals surface area contributed by atoms with Crippen molar-refractivity contribution >= 4 is 29.5 Å². The third kappa shape index (κ3) is 4.25. The lowest BCUT2D eigenvalue weighted by molar-refractivity contribution is -0.153. The summed E-state index contributed by atoms with van der Waals surface area (Å²) >= 11 is 1.59. The van der Waals surface area contributed by atoms with Crippen molar-refractivity contribution < 1.29 is 24.2 Å². The highest BCUT2D eigenvalue weighted by molar-refractivity contribution is 8.02. The fraction of sp³-hybridized carbons (Fsp3) is 0.720. The molecule has 182 valence electrons. The van der Waals surface area contributed by atoms with Crippen LogP contribution in [0.3, 0.4) is 0 Å². The minimum absolute atomic E-state index is 0.0304. The van der Waals surface area contributed by atoms with Gasteiger partial charge in [-0.25, -0.2) is 0 Å². The van der Waals surface area contributed by atoms with Crippen LogP contribution in [0.5, 0.6) is 0 Å². The molecular weight excluding hydrogens is 440 g/mol. The van der Waals surface area contributed by atoms with E-state index in [1.165, 1.54) is 0 Å². The molecule has 6 atom stereocenters. The van der Waals surface area contributed by atoms with E-state index in [0.29, 0.717) is 32.5 Å². The second-order valence-electron chi connectivity index (χ2n) is 9.57. The van der Waals surface area contributed by atoms with Crippen molar-refractivity contribution in [3.05, 3.63) is 24.3 Å². The van der Waals surface area contributed by atoms with Gasteiger partial charge in [0.1, 0.15) is 6.04 Å². The average molecular weight is 477 g/mol. The van der Waals surface area contributed by atoms with Crippen LogP contribution in [0.4, 0.5) is 0 Å². The number of rotatable bonds is 7. The molecule has 33 heavy (non-hydrogen) atoms. The Kier molecular flexibility index (Phi) is 7.53. The molecule has 1 N–H and O–H groups in total. The molecule has 7 nitrogen and oxygen atoms in total. The molecule has 1 spiro atoms. The molecule has 0 bridgehead atoms. The third-order valence-corrected chi connectivity index (χ3v) is 9.17. The number of hydrogen-bond donors (Lipinski definition) is 1. The van der Waals surface area contributed by atoms with E-state index < -0.39 is 22.6 Å². The van der Waals surface area contributed by atoms with E-state index in [-0.39, 0.29) is 35.7 Å². The number of thioether (sulfide) groups is 1. The summed E-state index contributed by atoms with van der Waals surface area (Å²) in [5, 5.41) is 9.09. The number of cyclic esters (lactones) is 1. The van der Waals surface area contributed by atoms with E-state index >= 15 is 0 Å². The molecule has 4 aliphatic rings. The van der Waals surface area contributed by atoms with Gasteiger partial charge in [0.25, 0.3) is 0 Å². The van der Waals surface area contributed by atoms with Gasteiger partial charge in [-0.15, -0.1) is 11.8 Å². The number of nitrogens with zero attached hydrogens (tertiary/aromatic N) is 2. The van der Waals surface area contributed by atoms with Crippen molar-refractivity contribution in [1.82, 2.24) is 9.80 Å². The zero-order chi connectivity index (χ0) is 23.6. The van der Waals surface area contributed by atoms with Gasteiger partial charge in [-0.05, 0) is 39.0 Å². The Hall–Kier alpha value is -1.80. The number of fused-ring (bicyclic) bond motifs is 2. The van der Waals surface area contributed by atoms with Crippen LogP contribution in [0.15, 0.2) is 24.3 Å². The van der Waals surface area contributed by atoms with Gasteiger partial charge in [-0.3, -0.25) is 14.4 Å². The average Bonchev–Trinajstić information content (AvgIpc) is 3.19. The SMILES string of the molecule is CCCC(C)N1CC=C[C@]23S[C@H]4/C=C\CCCOC(=O)[C@H]4[C@H]2C(=O)N(CCCCO)C3C1=O. The summed E-state index contributed by atoms with van der Waals surface area (Å²) in [7, 11) is 0. The number of aliphatic hydroxyl groups is 1. The Morgan fingerprint density at radius 1 is 1.24 bits per heavy atom. The van der Waals surface area contributed by atoms with Crippen LogP contribution in [0.25, 0.3) is 0 Å². The van der Waals surface area contributed by atoms with E-state index in [1.54, 1.807) is 16.7 Å². The second-order valence-corrected chi connectivity index (χ2v) is 11.1. The molecule has 2 saturated heterocycles. The van der Waals surface area contributed by atoms with Gasteiger partial charge in [0.15, 0.2) is 0 Å². The molecule has 2 fully saturated rings. The van der Waals surface area contributed by atoms with Crippen LogP contribution >= 0.6 is 11.8 Å². The number of allylic oxidation sites excluding steroid dienone is 1. The Bertz CT molecular complexity index is 830. The first-order valence-corrected chi connectivity index (χ1v) is 13.2. The minimum Gasteiger partial charge on any atom is -0.465 e. The molecule has 2 amide bonds. The Morgan fingerprint density at radius 3 is 2.82 bits per heavy atom. The summed E-state index contributed by atoms with van der Waals surface area (Å²) in [6.45, 7) is 5.49. The molecule has 4 rings (SSSR count). The number of likely N-dealkylation sites (tertiary alicyclic amines) is 1. The number of carbonyl (C=O) groups excluding carboxylic acids is 3. The number of ether oxygens (including phenoxy) is 1. The molecule has 0 aliphatic carbocycles. The van der Waals surface area contributed by atoms with Gasteiger partial charge in [-0.2, -0.15) is 0 Å². The number of amides is 2. The van der Waals surface area contributed by atoms with Crippen molar-refractivity contribution in [2.24, 2.45) is 11.8 Å². The van der Waals surface area contributed by atoms with Crippen LogP contribution in [0.2, 0.25) is 0 Å². The first-order valence-electron chi connectivity index (χ1n) is 12.4. The monoisotopic (exact) mass is 476 g/mol. The molecule has 0 aromatic carbocycles. The fourth-order valence-corrected chi connectivity index (χ4v) is 7.88. The van der Waals surface area contributed by atoms with E-state index in [0.717, 1.165) is 25.7 Å². The lowest BCUT2D eigenvalue weighted by Crippen LogP contribution is -2.55. The Balaban J connectivity index is 1.76. The highest BCUT2D eigenvalue weighted by atomic mass is 32.2. The van der Waals surface area contributed by atoms with E-state index in [2.05, 4.69) is 26.0 Å². The van der Waals surface area contributed by atoms with Gasteiger partial charge in [-0.1, -0.05) is 37.6 Å². The van der Waals surface area contributed by atoms with E-state index in [4.69, 9.17) is 4.74 Å². The van der Waals surface area contributed by atoms with Crippen LogP contribution in [-0.2, 0) is 19.1 Å². The maximum absolute atomic E-state index is 14.0. The topological polar surface area (TPSA) is 87.2 Å². The number of unbranched alkanes of at least 4 members (excludes halogenated alkanes) is 1. The van der Waals surface area contributed by atoms with E-state index in [1.807, 2.05) is 17.1 Å². The first-order chi connectivity index (χ1) is 16.0. The smallest absolute Gasteiger partial charge is 0.311 e. The molecular formula is C25H36N2O5S. The molecule has 0 radical (unpaired) electrons. The van der Waals surface area contributed by atoms with Crippen molar-refractivity contribution in [3.63, 3.8) is 0 Å². The molecule has 0 aromatic rings. The summed E-state index contributed by atoms with van der Waals surface area (Å²) in [4.78, 5) is 44.7. The number of carbonyl (C=O) groups is 3. The Labute approximate surface area is 200 Å². The number of aliphatic hydroxyl groups excluding tert-OH is 1. The van der Waals surface area contributed by atoms with Gasteiger partial charge in [0.2, 0.25) is 11.8 Å². The minimum atomic E-state index is -0.786. The van der Waals surface area contributed by atoms with Crippen molar-refractivity contribution in [2.45, 2.75) is 74.5 Å². The predicted octanol–water partition coefficient (Wildman–Crippen LogP) is 2.54. The maximum Gasteiger partial charge on any atom is 0.311 e. The molecule has 2 unspecified atom stereocenters. The lowest BCUT2D eigenvalue weighted by atomic mass is 9.78. The maximum atomic E-state index is 14.0. The van der Waals surface area contributed by atoms with Gasteiger partial charge >= 0.3 is 5.97 Å². The quantitative estimate of drug-likeness (QED) is 0.345. The predicted molar refractivity (Wildman–Crippen MR) is 127 cm³/mol. The van der Waals surface area contributed by atoms with Crippen LogP contribution in [0, 0.1) is 11.8 Å². The van der Waals surface area contributed by atoms with Crippen LogP contribution < -0.4 is 0 Å². The molecule has 8 heteroatoms. The third-order valence-electron chi connectivity index (χ3n) is 7.43. The van der Waals surface area contributed by atoms with Gasteiger partial charge in [0, 0.05) is 31.0 Å². The summed E-state index contributed by atoms with van der Waals surface area (Å²) in [6.07, 6.45) is 12.9. The van der Waals surface area contributed by atoms with Gasteiger partial charge < -0.3 is 19.6 Å². The van der Waals surface area contributed by atoms with Crippen LogP contribution in [-0.4, -0.2) is 81.1 Å². The second kappa shape index (κ2) is 10.2. The summed E-state index contributed by atoms with van der Waals surface area (Å²) in [5.41, 5.74) is 0. The first kappa shape index (κ1) is 24.3. The van der Waals surface area contributed by atoms with Crippen molar-refractivity contribution in [2.75, 3.05) is 26.3 Å². The van der Waals surface area contributed by atoms with E-state index in [9.17, 15) is 19.5 Å². The molecule has 0 aromatic heterocycles. The molecule has 4 aliphatic heterocycles. The van der Waals surface area contributed by atoms with Gasteiger partial charge in [0.05, 0.1) is 23.2 Å². The largest absolute Gasteiger partial charge is 0.465 e. The normalized spacial score (nSPS) is 35.7. The van der Waals surface area contributed by atoms with Crippen molar-refractivity contribution in [1.29, 1.82) is 0 Å². The lowest BCUT2D eigenvalue weighted by Gasteiger charge is -2.37.